The van der Waals surface area contributed by atoms with Crippen LogP contribution in [-0.4, -0.2) is 5.78 Å². The van der Waals surface area contributed by atoms with Gasteiger partial charge in [-0.25, -0.2) is 0 Å². The maximum Gasteiger partial charge on any atom is -0.0134 e. The minimum atomic E-state index is -0.446. The number of benzene rings is 4. The summed E-state index contributed by atoms with van der Waals surface area (Å²) in [5.74, 6) is -0.00972. The van der Waals surface area contributed by atoms with Gasteiger partial charge in [-0.3, -0.25) is 4.79 Å². The predicted octanol–water partition coefficient (Wildman–Crippen LogP) is 7.08. The molecule has 7 heteroatoms. The maximum absolute atomic E-state index is 11.4. The topological polar surface area (TPSA) is 55.1 Å². The molecule has 38 heavy (non-hydrogen) atoms. The first kappa shape index (κ1) is 29.6. The Balaban J connectivity index is 0.000000194. The van der Waals surface area contributed by atoms with Gasteiger partial charge in [-0.15, -0.1) is 0 Å². The van der Waals surface area contributed by atoms with Crippen molar-refractivity contribution in [3.63, 3.8) is 0 Å². The summed E-state index contributed by atoms with van der Waals surface area (Å²) in [5, 5.41) is 7.21. The zero-order valence-corrected chi connectivity index (χ0v) is 24.5. The molecule has 0 unspecified atom stereocenters. The zero-order chi connectivity index (χ0) is 27.0. The van der Waals surface area contributed by atoms with Crippen molar-refractivity contribution < 1.29 is 19.9 Å². The second-order valence-corrected chi connectivity index (χ2v) is 12.7. The van der Waals surface area contributed by atoms with E-state index in [4.69, 9.17) is 25.1 Å². The molecule has 0 amide bonds. The predicted molar refractivity (Wildman–Crippen MR) is 163 cm³/mol. The molecule has 0 fully saturated rings. The number of para-hydroxylation sites is 2. The Kier molecular flexibility index (Phi) is 13.0. The van der Waals surface area contributed by atoms with Gasteiger partial charge in [0.05, 0.1) is 11.4 Å². The average Bonchev–Trinajstić information content (AvgIpc) is 2.96. The van der Waals surface area contributed by atoms with E-state index in [1.54, 1.807) is 24.4 Å². The molecule has 4 aromatic rings. The van der Waals surface area contributed by atoms with Crippen molar-refractivity contribution >= 4 is 60.4 Å². The molecule has 1 aliphatic rings. The Morgan fingerprint density at radius 3 is 1.53 bits per heavy atom. The van der Waals surface area contributed by atoms with Gasteiger partial charge < -0.3 is 11.1 Å². The van der Waals surface area contributed by atoms with Crippen LogP contribution in [0.25, 0.3) is 0 Å². The number of nitrogens with one attached hydrogen (secondary N) is 1. The fraction of sp³-hybridized carbons (Fsp3) is 0. The third-order valence-corrected chi connectivity index (χ3v) is 7.75. The van der Waals surface area contributed by atoms with Crippen LogP contribution < -0.4 is 27.0 Å². The molecule has 0 bridgehead atoms. The number of carbonyl (C=O) groups is 1. The van der Waals surface area contributed by atoms with Crippen LogP contribution in [-0.2, 0) is 19.9 Å². The molecule has 0 heterocycles. The summed E-state index contributed by atoms with van der Waals surface area (Å²) >= 11 is -0.346. The molecule has 0 saturated heterocycles. The van der Waals surface area contributed by atoms with Crippen LogP contribution in [0, 0.1) is 0 Å². The van der Waals surface area contributed by atoms with Gasteiger partial charge in [0.1, 0.15) is 0 Å². The van der Waals surface area contributed by atoms with E-state index in [-0.39, 0.29) is 20.9 Å². The number of rotatable bonds is 5. The van der Waals surface area contributed by atoms with E-state index in [0.717, 1.165) is 5.69 Å². The summed E-state index contributed by atoms with van der Waals surface area (Å²) in [6.45, 7) is 0. The van der Waals surface area contributed by atoms with E-state index in [0.29, 0.717) is 11.3 Å². The van der Waals surface area contributed by atoms with Crippen LogP contribution in [0.2, 0.25) is 0 Å². The van der Waals surface area contributed by atoms with Gasteiger partial charge in [0.15, 0.2) is 5.78 Å². The number of carbonyl (C=O) groups excluding carboxylic acids is 1. The molecular weight excluding hydrogens is 619 g/mol. The Morgan fingerprint density at radius 1 is 0.658 bits per heavy atom. The quantitative estimate of drug-likeness (QED) is 0.106. The normalized spacial score (nSPS) is 12.9. The zero-order valence-electron chi connectivity index (χ0n) is 20.4. The van der Waals surface area contributed by atoms with E-state index < -0.39 is 7.92 Å². The van der Waals surface area contributed by atoms with E-state index in [9.17, 15) is 4.79 Å². The van der Waals surface area contributed by atoms with Crippen LogP contribution in [0.1, 0.15) is 0 Å². The van der Waals surface area contributed by atoms with Crippen LogP contribution in [0.5, 0.6) is 0 Å². The largest absolute Gasteiger partial charge is 0.0622 e. The Labute approximate surface area is 241 Å². The molecule has 194 valence electrons. The minimum Gasteiger partial charge on any atom is -0.0622 e. The molecule has 1 aliphatic carbocycles. The van der Waals surface area contributed by atoms with Crippen LogP contribution in [0.15, 0.2) is 151 Å². The van der Waals surface area contributed by atoms with Crippen molar-refractivity contribution in [2.75, 3.05) is 11.1 Å². The van der Waals surface area contributed by atoms with Gasteiger partial charge >= 0.3 is 34.5 Å². The summed E-state index contributed by atoms with van der Waals surface area (Å²) in [5.41, 5.74) is 7.83. The summed E-state index contributed by atoms with van der Waals surface area (Å²) in [6, 6.07) is 39.7. The summed E-state index contributed by atoms with van der Waals surface area (Å²) in [6.07, 6.45) is 8.49. The Bertz CT molecular complexity index is 1270. The first-order chi connectivity index (χ1) is 18.6. The number of nitrogens with two attached hydrogens (primary N) is 1. The number of nitrogen functional groups attached to an aromatic ring is 1. The Morgan fingerprint density at radius 2 is 1.08 bits per heavy atom. The molecule has 0 aliphatic heterocycles. The standard InChI is InChI=1S/C18H15P.C13H12N2O.2ClH.Ru/c1-4-10-16(11-5-1)19(17-12-6-2-7-13-17)18-14-8-3-9-15-18;14-11-6-2-3-7-12(11)15-9-10-5-1-4-8-13(10)16;;;/h1-15H;1-9,15H,14H2;2*1H;/q;;;;+2/p-2/b;10-9+;;;. The first-order valence-electron chi connectivity index (χ1n) is 11.6. The van der Waals surface area contributed by atoms with Gasteiger partial charge in [0, 0.05) is 11.8 Å². The Hall–Kier alpha value is -3.00. The number of allylic oxidation sites excluding steroid dienone is 5. The van der Waals surface area contributed by atoms with Crippen molar-refractivity contribution in [1.82, 2.24) is 0 Å². The van der Waals surface area contributed by atoms with Crippen LogP contribution in [0.4, 0.5) is 11.4 Å². The molecule has 4 aromatic carbocycles. The first-order valence-corrected chi connectivity index (χ1v) is 17.5. The second kappa shape index (κ2) is 16.8. The number of ketones is 1. The van der Waals surface area contributed by atoms with Gasteiger partial charge in [-0.05, 0) is 48.1 Å². The summed E-state index contributed by atoms with van der Waals surface area (Å²) in [7, 11) is 9.26. The van der Waals surface area contributed by atoms with E-state index in [1.165, 1.54) is 22.0 Å². The third kappa shape index (κ3) is 9.39. The minimum absolute atomic E-state index is 0.00972. The summed E-state index contributed by atoms with van der Waals surface area (Å²) < 4.78 is 0. The molecule has 0 atom stereocenters. The fourth-order valence-corrected chi connectivity index (χ4v) is 5.87. The van der Waals surface area contributed by atoms with Gasteiger partial charge in [-0.2, -0.15) is 0 Å². The molecule has 3 nitrogen and oxygen atoms in total. The number of hydrogen-bond donors (Lipinski definition) is 2. The molecule has 0 aromatic heterocycles. The maximum atomic E-state index is 11.4. The SMILES string of the molecule is Nc1ccccc1N/C=C1\C=CC=CC1=O.[Cl][Ru][Cl].c1ccc(P(c2ccccc2)c2ccccc2)cc1. The van der Waals surface area contributed by atoms with E-state index in [1.807, 2.05) is 24.3 Å². The molecule has 0 radical (unpaired) electrons. The molecule has 0 spiro atoms. The van der Waals surface area contributed by atoms with Gasteiger partial charge in [0.25, 0.3) is 0 Å². The number of anilines is 2. The van der Waals surface area contributed by atoms with E-state index >= 15 is 0 Å². The van der Waals surface area contributed by atoms with Crippen LogP contribution >= 0.6 is 27.3 Å². The molecule has 5 rings (SSSR count). The van der Waals surface area contributed by atoms with Crippen molar-refractivity contribution in [2.45, 2.75) is 0 Å². The monoisotopic (exact) mass is 646 g/mol. The van der Waals surface area contributed by atoms with Crippen molar-refractivity contribution in [3.05, 3.63) is 151 Å². The van der Waals surface area contributed by atoms with Crippen molar-refractivity contribution in [3.8, 4) is 0 Å². The van der Waals surface area contributed by atoms with Crippen LogP contribution in [0.3, 0.4) is 0 Å². The molecule has 3 N–H and O–H groups in total. The second-order valence-electron chi connectivity index (χ2n) is 7.81. The average molecular weight is 647 g/mol. The van der Waals surface area contributed by atoms with Gasteiger partial charge in [0.2, 0.25) is 0 Å². The molecular formula is C31H27Cl2N2OPRu. The number of hydrogen-bond acceptors (Lipinski definition) is 3. The van der Waals surface area contributed by atoms with Crippen molar-refractivity contribution in [1.29, 1.82) is 0 Å². The summed E-state index contributed by atoms with van der Waals surface area (Å²) in [4.78, 5) is 11.4. The van der Waals surface area contributed by atoms with Gasteiger partial charge in [-0.1, -0.05) is 115 Å². The third-order valence-electron chi connectivity index (χ3n) is 5.31. The fourth-order valence-electron chi connectivity index (χ4n) is 3.56. The smallest absolute Gasteiger partial charge is 0.0134 e. The van der Waals surface area contributed by atoms with E-state index in [2.05, 4.69) is 96.3 Å². The number of halogens is 2. The molecule has 0 saturated carbocycles. The van der Waals surface area contributed by atoms with Crippen molar-refractivity contribution in [2.24, 2.45) is 0 Å².